The van der Waals surface area contributed by atoms with E-state index in [-0.39, 0.29) is 0 Å². The number of ether oxygens (including phenoxy) is 1. The Morgan fingerprint density at radius 3 is 2.84 bits per heavy atom. The first-order chi connectivity index (χ1) is 9.29. The van der Waals surface area contributed by atoms with Gasteiger partial charge in [-0.15, -0.1) is 0 Å². The summed E-state index contributed by atoms with van der Waals surface area (Å²) in [6.45, 7) is 3.73. The van der Waals surface area contributed by atoms with E-state index in [9.17, 15) is 0 Å². The molecule has 0 N–H and O–H groups in total. The van der Waals surface area contributed by atoms with Gasteiger partial charge in [0, 0.05) is 35.8 Å². The largest absolute Gasteiger partial charge is 0.464 e. The average molecular weight is 255 g/mol. The van der Waals surface area contributed by atoms with Crippen molar-refractivity contribution in [2.45, 2.75) is 13.5 Å². The zero-order chi connectivity index (χ0) is 13.2. The third kappa shape index (κ3) is 2.17. The van der Waals surface area contributed by atoms with Gasteiger partial charge in [-0.3, -0.25) is 0 Å². The number of nitrogens with zero attached hydrogens (tertiary/aromatic N) is 1. The number of fused-ring (bicyclic) bond motifs is 1. The molecule has 0 saturated carbocycles. The van der Waals surface area contributed by atoms with Crippen molar-refractivity contribution in [2.75, 3.05) is 13.7 Å². The predicted molar refractivity (Wildman–Crippen MR) is 76.3 cm³/mol. The number of hydrogen-bond donors (Lipinski definition) is 0. The first kappa shape index (κ1) is 12.1. The molecule has 2 heterocycles. The van der Waals surface area contributed by atoms with Gasteiger partial charge in [-0.1, -0.05) is 0 Å². The van der Waals surface area contributed by atoms with Gasteiger partial charge in [0.05, 0.1) is 12.9 Å². The van der Waals surface area contributed by atoms with E-state index in [4.69, 9.17) is 9.15 Å². The molecule has 0 bridgehead atoms. The highest BCUT2D eigenvalue weighted by Crippen LogP contribution is 2.27. The second kappa shape index (κ2) is 4.94. The summed E-state index contributed by atoms with van der Waals surface area (Å²) in [7, 11) is 1.73. The van der Waals surface area contributed by atoms with Crippen LogP contribution in [-0.2, 0) is 11.3 Å². The van der Waals surface area contributed by atoms with E-state index in [1.54, 1.807) is 13.4 Å². The van der Waals surface area contributed by atoms with E-state index in [2.05, 4.69) is 35.8 Å². The van der Waals surface area contributed by atoms with E-state index in [1.807, 2.05) is 12.1 Å². The van der Waals surface area contributed by atoms with Crippen molar-refractivity contribution in [2.24, 2.45) is 0 Å². The Bertz CT molecular complexity index is 680. The van der Waals surface area contributed by atoms with E-state index >= 15 is 0 Å². The fraction of sp³-hybridized carbons (Fsp3) is 0.250. The minimum Gasteiger partial charge on any atom is -0.464 e. The molecule has 98 valence electrons. The molecule has 0 radical (unpaired) electrons. The minimum absolute atomic E-state index is 0.727. The smallest absolute Gasteiger partial charge is 0.133 e. The van der Waals surface area contributed by atoms with E-state index in [1.165, 1.54) is 16.6 Å². The fourth-order valence-electron chi connectivity index (χ4n) is 2.48. The molecular weight excluding hydrogens is 238 g/mol. The van der Waals surface area contributed by atoms with Crippen LogP contribution in [0, 0.1) is 6.92 Å². The maximum absolute atomic E-state index is 5.44. The second-order valence-corrected chi connectivity index (χ2v) is 4.68. The summed E-state index contributed by atoms with van der Waals surface area (Å²) >= 11 is 0. The van der Waals surface area contributed by atoms with Crippen LogP contribution >= 0.6 is 0 Å². The Kier molecular flexibility index (Phi) is 3.13. The average Bonchev–Trinajstić information content (AvgIpc) is 3.03. The molecule has 0 aliphatic carbocycles. The minimum atomic E-state index is 0.727. The fourth-order valence-corrected chi connectivity index (χ4v) is 2.48. The van der Waals surface area contributed by atoms with Gasteiger partial charge < -0.3 is 13.7 Å². The number of methoxy groups -OCH3 is 1. The summed E-state index contributed by atoms with van der Waals surface area (Å²) in [4.78, 5) is 0. The lowest BCUT2D eigenvalue weighted by Crippen LogP contribution is -2.05. The molecule has 0 atom stereocenters. The third-order valence-corrected chi connectivity index (χ3v) is 3.43. The van der Waals surface area contributed by atoms with E-state index in [0.29, 0.717) is 0 Å². The van der Waals surface area contributed by atoms with Gasteiger partial charge >= 0.3 is 0 Å². The molecule has 0 spiro atoms. The Morgan fingerprint density at radius 1 is 1.21 bits per heavy atom. The molecule has 0 unspecified atom stereocenters. The molecule has 0 aliphatic rings. The van der Waals surface area contributed by atoms with Crippen LogP contribution in [0.2, 0.25) is 0 Å². The molecule has 3 nitrogen and oxygen atoms in total. The monoisotopic (exact) mass is 255 g/mol. The second-order valence-electron chi connectivity index (χ2n) is 4.68. The van der Waals surface area contributed by atoms with Crippen LogP contribution in [0.1, 0.15) is 5.69 Å². The Labute approximate surface area is 112 Å². The van der Waals surface area contributed by atoms with Crippen LogP contribution in [0.4, 0.5) is 0 Å². The molecule has 3 aromatic rings. The van der Waals surface area contributed by atoms with Crippen LogP contribution in [0.15, 0.2) is 47.1 Å². The van der Waals surface area contributed by atoms with Crippen molar-refractivity contribution in [1.29, 1.82) is 0 Å². The van der Waals surface area contributed by atoms with Gasteiger partial charge in [0.25, 0.3) is 0 Å². The number of aromatic nitrogens is 1. The van der Waals surface area contributed by atoms with Gasteiger partial charge in [-0.2, -0.15) is 0 Å². The summed E-state index contributed by atoms with van der Waals surface area (Å²) < 4.78 is 12.9. The number of furan rings is 1. The highest BCUT2D eigenvalue weighted by Gasteiger charge is 2.08. The van der Waals surface area contributed by atoms with E-state index in [0.717, 1.165) is 24.5 Å². The number of aryl methyl sites for hydroxylation is 1. The lowest BCUT2D eigenvalue weighted by molar-refractivity contribution is 0.188. The molecule has 0 amide bonds. The van der Waals surface area contributed by atoms with Crippen molar-refractivity contribution >= 4 is 10.9 Å². The lowest BCUT2D eigenvalue weighted by Gasteiger charge is -2.07. The maximum Gasteiger partial charge on any atom is 0.133 e. The summed E-state index contributed by atoms with van der Waals surface area (Å²) in [5.74, 6) is 0.907. The topological polar surface area (TPSA) is 27.3 Å². The summed E-state index contributed by atoms with van der Waals surface area (Å²) in [6.07, 6.45) is 1.70. The summed E-state index contributed by atoms with van der Waals surface area (Å²) in [5.41, 5.74) is 3.61. The van der Waals surface area contributed by atoms with Crippen LogP contribution in [0.3, 0.4) is 0 Å². The molecule has 0 fully saturated rings. The molecule has 0 saturated heterocycles. The lowest BCUT2D eigenvalue weighted by atomic mass is 10.1. The Hall–Kier alpha value is -2.00. The maximum atomic E-state index is 5.44. The van der Waals surface area contributed by atoms with Gasteiger partial charge in [0.15, 0.2) is 0 Å². The van der Waals surface area contributed by atoms with E-state index < -0.39 is 0 Å². The molecule has 0 aliphatic heterocycles. The summed E-state index contributed by atoms with van der Waals surface area (Å²) in [6, 6.07) is 12.5. The Morgan fingerprint density at radius 2 is 2.11 bits per heavy atom. The predicted octanol–water partition coefficient (Wildman–Crippen LogP) is 3.86. The zero-order valence-electron chi connectivity index (χ0n) is 11.2. The van der Waals surface area contributed by atoms with Crippen molar-refractivity contribution in [3.63, 3.8) is 0 Å². The van der Waals surface area contributed by atoms with Crippen molar-refractivity contribution < 1.29 is 9.15 Å². The molecule has 19 heavy (non-hydrogen) atoms. The van der Waals surface area contributed by atoms with Crippen molar-refractivity contribution in [3.8, 4) is 11.3 Å². The van der Waals surface area contributed by atoms with Gasteiger partial charge in [-0.05, 0) is 43.3 Å². The zero-order valence-corrected chi connectivity index (χ0v) is 11.2. The van der Waals surface area contributed by atoms with Crippen LogP contribution < -0.4 is 0 Å². The molecule has 1 aromatic carbocycles. The molecular formula is C16H17NO2. The van der Waals surface area contributed by atoms with Crippen molar-refractivity contribution in [1.82, 2.24) is 4.57 Å². The van der Waals surface area contributed by atoms with Crippen molar-refractivity contribution in [3.05, 3.63) is 48.4 Å². The van der Waals surface area contributed by atoms with Crippen LogP contribution in [0.5, 0.6) is 0 Å². The van der Waals surface area contributed by atoms with Crippen LogP contribution in [-0.4, -0.2) is 18.3 Å². The third-order valence-electron chi connectivity index (χ3n) is 3.43. The van der Waals surface area contributed by atoms with Crippen LogP contribution in [0.25, 0.3) is 22.2 Å². The quantitative estimate of drug-likeness (QED) is 0.708. The van der Waals surface area contributed by atoms with Gasteiger partial charge in [0.1, 0.15) is 5.76 Å². The highest BCUT2D eigenvalue weighted by atomic mass is 16.5. The summed E-state index contributed by atoms with van der Waals surface area (Å²) in [5, 5.41) is 1.24. The normalized spacial score (nSPS) is 11.3. The number of benzene rings is 1. The molecule has 3 heteroatoms. The van der Waals surface area contributed by atoms with Gasteiger partial charge in [-0.25, -0.2) is 0 Å². The number of hydrogen-bond acceptors (Lipinski definition) is 2. The first-order valence-corrected chi connectivity index (χ1v) is 6.42. The molecule has 3 rings (SSSR count). The Balaban J connectivity index is 2.05. The highest BCUT2D eigenvalue weighted by molar-refractivity contribution is 5.85. The van der Waals surface area contributed by atoms with Gasteiger partial charge in [0.2, 0.25) is 0 Å². The SMILES string of the molecule is COCCn1c(C)cc2cc(-c3ccco3)ccc21. The number of rotatable bonds is 4. The first-order valence-electron chi connectivity index (χ1n) is 6.42. The molecule has 2 aromatic heterocycles. The standard InChI is InChI=1S/C16H17NO2/c1-12-10-14-11-13(16-4-3-8-19-16)5-6-15(14)17(12)7-9-18-2/h3-6,8,10-11H,7,9H2,1-2H3.